The number of benzene rings is 1. The van der Waals surface area contributed by atoms with E-state index in [2.05, 4.69) is 25.2 Å². The van der Waals surface area contributed by atoms with Gasteiger partial charge in [0.15, 0.2) is 0 Å². The van der Waals surface area contributed by atoms with Crippen molar-refractivity contribution in [3.63, 3.8) is 0 Å². The van der Waals surface area contributed by atoms with Gasteiger partial charge in [0.25, 0.3) is 5.91 Å². The van der Waals surface area contributed by atoms with Crippen molar-refractivity contribution in [2.45, 2.75) is 0 Å². The summed E-state index contributed by atoms with van der Waals surface area (Å²) in [7, 11) is -3.36. The molecular weight excluding hydrogens is 270 g/mol. The van der Waals surface area contributed by atoms with Gasteiger partial charge in [0, 0.05) is 5.69 Å². The minimum atomic E-state index is -3.36. The molecule has 3 N–H and O–H groups in total. The highest BCUT2D eigenvalue weighted by Crippen LogP contribution is 2.16. The van der Waals surface area contributed by atoms with Gasteiger partial charge >= 0.3 is 0 Å². The summed E-state index contributed by atoms with van der Waals surface area (Å²) < 4.78 is 24.5. The molecule has 0 radical (unpaired) electrons. The molecule has 0 spiro atoms. The highest BCUT2D eigenvalue weighted by molar-refractivity contribution is 7.92. The minimum absolute atomic E-state index is 0.0708. The molecule has 0 saturated carbocycles. The summed E-state index contributed by atoms with van der Waals surface area (Å²) in [6, 6.07) is 6.31. The Morgan fingerprint density at radius 1 is 1.32 bits per heavy atom. The van der Waals surface area contributed by atoms with Gasteiger partial charge in [-0.05, 0) is 18.2 Å². The molecule has 0 aliphatic rings. The molecule has 1 aromatic carbocycles. The van der Waals surface area contributed by atoms with Crippen molar-refractivity contribution in [2.75, 3.05) is 16.3 Å². The molecular formula is C10H11N5O3S. The Kier molecular flexibility index (Phi) is 3.47. The standard InChI is InChI=1S/C10H11N5O3S/c1-19(17,18)15-8-4-2-3-7(5-8)13-10(16)9-11-6-12-14-9/h2-6,15H,1H3,(H,13,16)(H,11,12,14). The Morgan fingerprint density at radius 2 is 2.05 bits per heavy atom. The SMILES string of the molecule is CS(=O)(=O)Nc1cccc(NC(=O)c2ncn[nH]2)c1. The minimum Gasteiger partial charge on any atom is -0.319 e. The second kappa shape index (κ2) is 5.06. The van der Waals surface area contributed by atoms with Gasteiger partial charge in [-0.15, -0.1) is 0 Å². The molecule has 0 atom stereocenters. The van der Waals surface area contributed by atoms with Crippen molar-refractivity contribution >= 4 is 27.3 Å². The zero-order valence-electron chi connectivity index (χ0n) is 9.91. The Labute approximate surface area is 109 Å². The van der Waals surface area contributed by atoms with E-state index < -0.39 is 15.9 Å². The number of H-pyrrole nitrogens is 1. The Bertz CT molecular complexity index is 681. The van der Waals surface area contributed by atoms with E-state index in [1.165, 1.54) is 12.4 Å². The van der Waals surface area contributed by atoms with Gasteiger partial charge in [0.2, 0.25) is 15.8 Å². The van der Waals surface area contributed by atoms with Crippen LogP contribution >= 0.6 is 0 Å². The van der Waals surface area contributed by atoms with Crippen LogP contribution in [0.15, 0.2) is 30.6 Å². The summed E-state index contributed by atoms with van der Waals surface area (Å²) in [5.74, 6) is -0.393. The first kappa shape index (κ1) is 13.0. The molecule has 1 amide bonds. The molecule has 1 aromatic heterocycles. The molecule has 0 aliphatic heterocycles. The number of aromatic nitrogens is 3. The number of hydrogen-bond acceptors (Lipinski definition) is 5. The van der Waals surface area contributed by atoms with Crippen LogP contribution in [0.4, 0.5) is 11.4 Å². The zero-order chi connectivity index (χ0) is 13.9. The van der Waals surface area contributed by atoms with Crippen molar-refractivity contribution in [3.05, 3.63) is 36.4 Å². The van der Waals surface area contributed by atoms with Crippen LogP contribution < -0.4 is 10.0 Å². The summed E-state index contributed by atoms with van der Waals surface area (Å²) in [5, 5.41) is 8.55. The van der Waals surface area contributed by atoms with E-state index in [4.69, 9.17) is 0 Å². The fourth-order valence-electron chi connectivity index (χ4n) is 1.38. The van der Waals surface area contributed by atoms with Crippen molar-refractivity contribution in [1.82, 2.24) is 15.2 Å². The largest absolute Gasteiger partial charge is 0.319 e. The maximum atomic E-state index is 11.7. The smallest absolute Gasteiger partial charge is 0.292 e. The number of amides is 1. The van der Waals surface area contributed by atoms with Crippen molar-refractivity contribution in [3.8, 4) is 0 Å². The first-order valence-corrected chi connectivity index (χ1v) is 7.08. The van der Waals surface area contributed by atoms with Crippen LogP contribution in [-0.2, 0) is 10.0 Å². The monoisotopic (exact) mass is 281 g/mol. The van der Waals surface area contributed by atoms with Crippen molar-refractivity contribution < 1.29 is 13.2 Å². The van der Waals surface area contributed by atoms with Crippen LogP contribution in [-0.4, -0.2) is 35.8 Å². The van der Waals surface area contributed by atoms with Crippen LogP contribution in [0, 0.1) is 0 Å². The number of nitrogens with one attached hydrogen (secondary N) is 3. The second-order valence-corrected chi connectivity index (χ2v) is 5.49. The fourth-order valence-corrected chi connectivity index (χ4v) is 1.93. The number of rotatable bonds is 4. The highest BCUT2D eigenvalue weighted by Gasteiger charge is 2.09. The number of carbonyl (C=O) groups excluding carboxylic acids is 1. The van der Waals surface area contributed by atoms with E-state index in [0.29, 0.717) is 11.4 Å². The topological polar surface area (TPSA) is 117 Å². The summed E-state index contributed by atoms with van der Waals surface area (Å²) in [6.45, 7) is 0. The van der Waals surface area contributed by atoms with Crippen LogP contribution in [0.3, 0.4) is 0 Å². The number of sulfonamides is 1. The van der Waals surface area contributed by atoms with E-state index in [0.717, 1.165) is 6.26 Å². The fraction of sp³-hybridized carbons (Fsp3) is 0.100. The maximum Gasteiger partial charge on any atom is 0.292 e. The van der Waals surface area contributed by atoms with Crippen LogP contribution in [0.5, 0.6) is 0 Å². The van der Waals surface area contributed by atoms with Crippen molar-refractivity contribution in [2.24, 2.45) is 0 Å². The van der Waals surface area contributed by atoms with Gasteiger partial charge in [0.05, 0.1) is 11.9 Å². The third-order valence-electron chi connectivity index (χ3n) is 2.05. The van der Waals surface area contributed by atoms with E-state index in [9.17, 15) is 13.2 Å². The molecule has 19 heavy (non-hydrogen) atoms. The molecule has 100 valence electrons. The normalized spacial score (nSPS) is 11.0. The van der Waals surface area contributed by atoms with Gasteiger partial charge in [-0.2, -0.15) is 5.10 Å². The molecule has 2 rings (SSSR count). The van der Waals surface area contributed by atoms with Gasteiger partial charge in [-0.3, -0.25) is 14.6 Å². The first-order chi connectivity index (χ1) is 8.94. The van der Waals surface area contributed by atoms with E-state index in [1.54, 1.807) is 18.2 Å². The number of nitrogens with zero attached hydrogens (tertiary/aromatic N) is 2. The Balaban J connectivity index is 2.13. The Hall–Kier alpha value is -2.42. The van der Waals surface area contributed by atoms with Gasteiger partial charge in [0.1, 0.15) is 6.33 Å². The van der Waals surface area contributed by atoms with Gasteiger partial charge in [-0.25, -0.2) is 13.4 Å². The Morgan fingerprint density at radius 3 is 2.68 bits per heavy atom. The lowest BCUT2D eigenvalue weighted by atomic mass is 10.3. The third kappa shape index (κ3) is 3.78. The molecule has 1 heterocycles. The average Bonchev–Trinajstić information content (AvgIpc) is 2.80. The van der Waals surface area contributed by atoms with Crippen LogP contribution in [0.2, 0.25) is 0 Å². The summed E-state index contributed by atoms with van der Waals surface area (Å²) in [5.41, 5.74) is 0.799. The zero-order valence-corrected chi connectivity index (χ0v) is 10.7. The molecule has 8 nitrogen and oxygen atoms in total. The summed E-state index contributed by atoms with van der Waals surface area (Å²) in [4.78, 5) is 15.4. The van der Waals surface area contributed by atoms with E-state index >= 15 is 0 Å². The summed E-state index contributed by atoms with van der Waals surface area (Å²) >= 11 is 0. The molecule has 0 saturated heterocycles. The second-order valence-electron chi connectivity index (χ2n) is 3.74. The van der Waals surface area contributed by atoms with Gasteiger partial charge in [-0.1, -0.05) is 6.07 Å². The molecule has 0 aliphatic carbocycles. The van der Waals surface area contributed by atoms with Gasteiger partial charge < -0.3 is 5.32 Å². The molecule has 0 bridgehead atoms. The van der Waals surface area contributed by atoms with Crippen LogP contribution in [0.1, 0.15) is 10.6 Å². The molecule has 2 aromatic rings. The lowest BCUT2D eigenvalue weighted by molar-refractivity contribution is 0.101. The average molecular weight is 281 g/mol. The highest BCUT2D eigenvalue weighted by atomic mass is 32.2. The quantitative estimate of drug-likeness (QED) is 0.751. The third-order valence-corrected chi connectivity index (χ3v) is 2.66. The number of anilines is 2. The lowest BCUT2D eigenvalue weighted by Gasteiger charge is -2.07. The molecule has 0 fully saturated rings. The van der Waals surface area contributed by atoms with Crippen LogP contribution in [0.25, 0.3) is 0 Å². The van der Waals surface area contributed by atoms with Crippen molar-refractivity contribution in [1.29, 1.82) is 0 Å². The lowest BCUT2D eigenvalue weighted by Crippen LogP contribution is -2.14. The van der Waals surface area contributed by atoms with E-state index in [-0.39, 0.29) is 5.82 Å². The number of aromatic amines is 1. The number of carbonyl (C=O) groups is 1. The predicted octanol–water partition coefficient (Wildman–Crippen LogP) is 0.428. The first-order valence-electron chi connectivity index (χ1n) is 5.18. The maximum absolute atomic E-state index is 11.7. The predicted molar refractivity (Wildman–Crippen MR) is 69.2 cm³/mol. The van der Waals surface area contributed by atoms with E-state index in [1.807, 2.05) is 0 Å². The molecule has 0 unspecified atom stereocenters. The number of hydrogen-bond donors (Lipinski definition) is 3. The molecule has 9 heteroatoms. The summed E-state index contributed by atoms with van der Waals surface area (Å²) in [6.07, 6.45) is 2.27.